The molecule has 33 heavy (non-hydrogen) atoms. The highest BCUT2D eigenvalue weighted by Crippen LogP contribution is 2.16. The first-order valence-electron chi connectivity index (χ1n) is 14.4. The Bertz CT molecular complexity index is 447. The van der Waals surface area contributed by atoms with Crippen LogP contribution in [0.25, 0.3) is 0 Å². The van der Waals surface area contributed by atoms with Gasteiger partial charge in [0.25, 0.3) is 0 Å². The summed E-state index contributed by atoms with van der Waals surface area (Å²) in [5.41, 5.74) is 0. The van der Waals surface area contributed by atoms with E-state index >= 15 is 0 Å². The van der Waals surface area contributed by atoms with Crippen LogP contribution in [0.4, 0.5) is 0 Å². The number of hydrogen-bond acceptors (Lipinski definition) is 3. The van der Waals surface area contributed by atoms with Crippen LogP contribution in [0.15, 0.2) is 0 Å². The topological polar surface area (TPSA) is 63.6 Å². The smallest absolute Gasteiger partial charge is 0.307 e. The summed E-state index contributed by atoms with van der Waals surface area (Å²) >= 11 is 0. The van der Waals surface area contributed by atoms with Crippen molar-refractivity contribution in [2.24, 2.45) is 5.92 Å². The third-order valence-corrected chi connectivity index (χ3v) is 6.49. The second kappa shape index (κ2) is 24.1. The van der Waals surface area contributed by atoms with Gasteiger partial charge in [-0.3, -0.25) is 9.59 Å². The molecule has 0 radical (unpaired) electrons. The number of ether oxygens (including phenoxy) is 1. The highest BCUT2D eigenvalue weighted by Gasteiger charge is 2.17. The average molecular weight is 469 g/mol. The Balaban J connectivity index is 3.71. The summed E-state index contributed by atoms with van der Waals surface area (Å²) < 4.78 is 5.51. The number of carbonyl (C=O) groups excluding carboxylic acids is 1. The molecule has 0 saturated heterocycles. The zero-order chi connectivity index (χ0) is 24.6. The molecule has 4 nitrogen and oxygen atoms in total. The summed E-state index contributed by atoms with van der Waals surface area (Å²) in [6.45, 7) is 6.82. The maximum Gasteiger partial charge on any atom is 0.307 e. The molecule has 0 saturated carbocycles. The predicted molar refractivity (Wildman–Crippen MR) is 140 cm³/mol. The van der Waals surface area contributed by atoms with E-state index in [-0.39, 0.29) is 12.4 Å². The Morgan fingerprint density at radius 3 is 1.52 bits per heavy atom. The fourth-order valence-electron chi connectivity index (χ4n) is 4.38. The fraction of sp³-hybridized carbons (Fsp3) is 0.931. The van der Waals surface area contributed by atoms with Gasteiger partial charge in [-0.25, -0.2) is 0 Å². The molecule has 0 aromatic carbocycles. The molecule has 0 unspecified atom stereocenters. The Morgan fingerprint density at radius 1 is 0.636 bits per heavy atom. The number of unbranched alkanes of at least 4 members (excludes halogenated alkanes) is 16. The van der Waals surface area contributed by atoms with Crippen LogP contribution in [0.5, 0.6) is 0 Å². The second-order valence-corrected chi connectivity index (χ2v) is 10.4. The molecule has 0 aliphatic carbocycles. The molecule has 1 atom stereocenters. The van der Waals surface area contributed by atoms with Crippen LogP contribution < -0.4 is 0 Å². The third-order valence-electron chi connectivity index (χ3n) is 6.49. The zero-order valence-corrected chi connectivity index (χ0v) is 22.4. The number of hydrogen-bond donors (Lipinski definition) is 1. The molecule has 0 rings (SSSR count). The number of carbonyl (C=O) groups is 2. The number of rotatable bonds is 25. The highest BCUT2D eigenvalue weighted by atomic mass is 16.5. The van der Waals surface area contributed by atoms with Crippen molar-refractivity contribution in [3.8, 4) is 0 Å². The van der Waals surface area contributed by atoms with E-state index in [4.69, 9.17) is 9.84 Å². The second-order valence-electron chi connectivity index (χ2n) is 10.4. The molecule has 4 heteroatoms. The molecule has 0 heterocycles. The van der Waals surface area contributed by atoms with Gasteiger partial charge >= 0.3 is 11.9 Å². The average Bonchev–Trinajstić information content (AvgIpc) is 2.75. The van der Waals surface area contributed by atoms with Gasteiger partial charge in [0.1, 0.15) is 6.10 Å². The van der Waals surface area contributed by atoms with Crippen molar-refractivity contribution in [1.82, 2.24) is 0 Å². The lowest BCUT2D eigenvalue weighted by Gasteiger charge is -2.16. The van der Waals surface area contributed by atoms with Crippen LogP contribution in [-0.2, 0) is 14.3 Å². The van der Waals surface area contributed by atoms with E-state index in [9.17, 15) is 9.59 Å². The van der Waals surface area contributed by atoms with Crippen LogP contribution in [0.2, 0.25) is 0 Å². The maximum atomic E-state index is 12.2. The van der Waals surface area contributed by atoms with Crippen molar-refractivity contribution in [3.05, 3.63) is 0 Å². The molecule has 0 aromatic rings. The largest absolute Gasteiger partial charge is 0.481 e. The first-order chi connectivity index (χ1) is 16.0. The van der Waals surface area contributed by atoms with Crippen LogP contribution in [0, 0.1) is 5.92 Å². The molecule has 196 valence electrons. The van der Waals surface area contributed by atoms with E-state index in [1.807, 2.05) is 0 Å². The molecule has 0 aromatic heterocycles. The van der Waals surface area contributed by atoms with Crippen molar-refractivity contribution in [3.63, 3.8) is 0 Å². The fourth-order valence-corrected chi connectivity index (χ4v) is 4.38. The van der Waals surface area contributed by atoms with E-state index in [0.717, 1.165) is 31.6 Å². The van der Waals surface area contributed by atoms with E-state index in [1.54, 1.807) is 0 Å². The lowest BCUT2D eigenvalue weighted by atomic mass is 10.0. The molecular formula is C29H56O4. The van der Waals surface area contributed by atoms with Crippen LogP contribution in [0.3, 0.4) is 0 Å². The molecule has 0 fully saturated rings. The van der Waals surface area contributed by atoms with Crippen molar-refractivity contribution in [1.29, 1.82) is 0 Å². The van der Waals surface area contributed by atoms with E-state index in [2.05, 4.69) is 20.8 Å². The summed E-state index contributed by atoms with van der Waals surface area (Å²) in [6, 6.07) is 0. The summed E-state index contributed by atoms with van der Waals surface area (Å²) in [5.74, 6) is -0.277. The van der Waals surface area contributed by atoms with Crippen molar-refractivity contribution in [2.75, 3.05) is 0 Å². The Kier molecular flexibility index (Phi) is 23.3. The maximum absolute atomic E-state index is 12.2. The number of aliphatic carboxylic acids is 1. The Labute approximate surface area is 205 Å². The van der Waals surface area contributed by atoms with E-state index < -0.39 is 12.1 Å². The summed E-state index contributed by atoms with van der Waals surface area (Å²) in [4.78, 5) is 23.3. The zero-order valence-electron chi connectivity index (χ0n) is 22.4. The van der Waals surface area contributed by atoms with Gasteiger partial charge in [0.2, 0.25) is 0 Å². The minimum absolute atomic E-state index is 0.0695. The molecule has 0 bridgehead atoms. The van der Waals surface area contributed by atoms with Gasteiger partial charge in [0.05, 0.1) is 6.42 Å². The summed E-state index contributed by atoms with van der Waals surface area (Å²) in [6.07, 6.45) is 24.0. The minimum Gasteiger partial charge on any atom is -0.481 e. The molecule has 0 amide bonds. The Morgan fingerprint density at radius 2 is 1.06 bits per heavy atom. The third kappa shape index (κ3) is 25.4. The van der Waals surface area contributed by atoms with Gasteiger partial charge in [-0.2, -0.15) is 0 Å². The number of carboxylic acid groups (broad SMARTS) is 1. The number of esters is 1. The van der Waals surface area contributed by atoms with Crippen LogP contribution in [0.1, 0.15) is 162 Å². The van der Waals surface area contributed by atoms with Crippen molar-refractivity contribution >= 4 is 11.9 Å². The van der Waals surface area contributed by atoms with Gasteiger partial charge in [-0.05, 0) is 25.2 Å². The first-order valence-corrected chi connectivity index (χ1v) is 14.4. The van der Waals surface area contributed by atoms with E-state index in [1.165, 1.54) is 96.3 Å². The van der Waals surface area contributed by atoms with Gasteiger partial charge in [0, 0.05) is 6.42 Å². The SMILES string of the molecule is CCCCCCCCCCC[C@H](CC(=O)O)OC(=O)CCCCCCCCCCCC(C)C. The Hall–Kier alpha value is -1.06. The lowest BCUT2D eigenvalue weighted by Crippen LogP contribution is -2.21. The van der Waals surface area contributed by atoms with Crippen LogP contribution >= 0.6 is 0 Å². The molecule has 1 N–H and O–H groups in total. The quantitative estimate of drug-likeness (QED) is 0.107. The number of carboxylic acids is 1. The molecule has 0 aliphatic rings. The van der Waals surface area contributed by atoms with Crippen molar-refractivity contribution in [2.45, 2.75) is 168 Å². The predicted octanol–water partition coefficient (Wildman–Crippen LogP) is 9.24. The van der Waals surface area contributed by atoms with Crippen LogP contribution in [-0.4, -0.2) is 23.1 Å². The molecule has 0 spiro atoms. The van der Waals surface area contributed by atoms with Gasteiger partial charge in [0.15, 0.2) is 0 Å². The molecular weight excluding hydrogens is 412 g/mol. The van der Waals surface area contributed by atoms with Gasteiger partial charge in [-0.1, -0.05) is 130 Å². The standard InChI is InChI=1S/C29H56O4/c1-4-5-6-7-8-10-14-17-20-23-27(25-28(30)31)33-29(32)24-21-18-15-12-9-11-13-16-19-22-26(2)3/h26-27H,4-25H2,1-3H3,(H,30,31)/t27-/m1/s1. The lowest BCUT2D eigenvalue weighted by molar-refractivity contribution is -0.153. The normalized spacial score (nSPS) is 12.2. The van der Waals surface area contributed by atoms with Gasteiger partial charge in [-0.15, -0.1) is 0 Å². The summed E-state index contributed by atoms with van der Waals surface area (Å²) in [7, 11) is 0. The van der Waals surface area contributed by atoms with E-state index in [0.29, 0.717) is 12.8 Å². The minimum atomic E-state index is -0.882. The van der Waals surface area contributed by atoms with Crippen molar-refractivity contribution < 1.29 is 19.4 Å². The van der Waals surface area contributed by atoms with Gasteiger partial charge < -0.3 is 9.84 Å². The summed E-state index contributed by atoms with van der Waals surface area (Å²) in [5, 5.41) is 9.14. The first kappa shape index (κ1) is 31.9. The molecule has 0 aliphatic heterocycles. The highest BCUT2D eigenvalue weighted by molar-refractivity contribution is 5.71. The monoisotopic (exact) mass is 468 g/mol.